The lowest BCUT2D eigenvalue weighted by Gasteiger charge is -2.34. The van der Waals surface area contributed by atoms with Crippen molar-refractivity contribution >= 4 is 0 Å². The summed E-state index contributed by atoms with van der Waals surface area (Å²) in [6.45, 7) is 17.5. The Kier molecular flexibility index (Phi) is 4.42. The first-order chi connectivity index (χ1) is 7.20. The molecule has 1 aliphatic rings. The van der Waals surface area contributed by atoms with Gasteiger partial charge in [0.2, 0.25) is 0 Å². The zero-order valence-electron chi connectivity index (χ0n) is 12.0. The highest BCUT2D eigenvalue weighted by atomic mass is 15.0. The Hall–Kier alpha value is -0.0800. The average molecular weight is 226 g/mol. The Labute approximate surface area is 102 Å². The van der Waals surface area contributed by atoms with E-state index in [9.17, 15) is 0 Å². The predicted octanol–water partition coefficient (Wildman–Crippen LogP) is 2.65. The lowest BCUT2D eigenvalue weighted by molar-refractivity contribution is 0.228. The van der Waals surface area contributed by atoms with Crippen molar-refractivity contribution in [3.8, 4) is 0 Å². The summed E-state index contributed by atoms with van der Waals surface area (Å²) in [5, 5.41) is 7.21. The van der Waals surface area contributed by atoms with Crippen LogP contribution in [0.1, 0.15) is 48.0 Å². The van der Waals surface area contributed by atoms with Crippen molar-refractivity contribution in [1.29, 1.82) is 0 Å². The minimum absolute atomic E-state index is 0.251. The lowest BCUT2D eigenvalue weighted by atomic mass is 9.81. The molecular formula is C14H30N2. The maximum absolute atomic E-state index is 3.75. The summed E-state index contributed by atoms with van der Waals surface area (Å²) in [5.74, 6) is 1.62. The van der Waals surface area contributed by atoms with Crippen molar-refractivity contribution in [2.24, 2.45) is 17.3 Å². The van der Waals surface area contributed by atoms with E-state index in [1.54, 1.807) is 0 Å². The molecule has 0 aromatic heterocycles. The molecule has 0 amide bonds. The van der Waals surface area contributed by atoms with E-state index in [2.05, 4.69) is 52.2 Å². The number of hydrogen-bond donors (Lipinski definition) is 2. The van der Waals surface area contributed by atoms with Gasteiger partial charge in [0.15, 0.2) is 0 Å². The van der Waals surface area contributed by atoms with Crippen LogP contribution in [0.25, 0.3) is 0 Å². The molecule has 0 radical (unpaired) electrons. The van der Waals surface area contributed by atoms with Gasteiger partial charge in [0.1, 0.15) is 0 Å². The molecule has 1 fully saturated rings. The normalized spacial score (nSPS) is 27.4. The molecule has 0 aromatic rings. The molecule has 0 unspecified atom stereocenters. The molecule has 0 spiro atoms. The fourth-order valence-electron chi connectivity index (χ4n) is 2.93. The van der Waals surface area contributed by atoms with Crippen molar-refractivity contribution in [3.63, 3.8) is 0 Å². The second-order valence-corrected chi connectivity index (χ2v) is 7.40. The van der Waals surface area contributed by atoms with Gasteiger partial charge >= 0.3 is 0 Å². The van der Waals surface area contributed by atoms with Crippen molar-refractivity contribution in [3.05, 3.63) is 0 Å². The van der Waals surface area contributed by atoms with Crippen molar-refractivity contribution < 1.29 is 0 Å². The fraction of sp³-hybridized carbons (Fsp3) is 1.00. The molecule has 1 rings (SSSR count). The van der Waals surface area contributed by atoms with E-state index < -0.39 is 0 Å². The van der Waals surface area contributed by atoms with Gasteiger partial charge in [-0.3, -0.25) is 0 Å². The summed E-state index contributed by atoms with van der Waals surface area (Å²) in [5.41, 5.74) is 0.649. The molecule has 1 heterocycles. The first-order valence-electron chi connectivity index (χ1n) is 6.65. The molecule has 0 aromatic carbocycles. The first-order valence-corrected chi connectivity index (χ1v) is 6.65. The lowest BCUT2D eigenvalue weighted by Crippen LogP contribution is -2.45. The van der Waals surface area contributed by atoms with Crippen LogP contribution in [0.3, 0.4) is 0 Å². The first kappa shape index (κ1) is 14.0. The largest absolute Gasteiger partial charge is 0.316 e. The maximum Gasteiger partial charge on any atom is 0.0130 e. The van der Waals surface area contributed by atoms with E-state index in [4.69, 9.17) is 0 Å². The van der Waals surface area contributed by atoms with Crippen LogP contribution in [0.5, 0.6) is 0 Å². The van der Waals surface area contributed by atoms with E-state index in [0.29, 0.717) is 5.41 Å². The van der Waals surface area contributed by atoms with Gasteiger partial charge in [0.25, 0.3) is 0 Å². The van der Waals surface area contributed by atoms with Gasteiger partial charge < -0.3 is 10.6 Å². The molecule has 0 aliphatic carbocycles. The van der Waals surface area contributed by atoms with Gasteiger partial charge in [-0.15, -0.1) is 0 Å². The Morgan fingerprint density at radius 2 is 1.75 bits per heavy atom. The fourth-order valence-corrected chi connectivity index (χ4v) is 2.93. The van der Waals surface area contributed by atoms with Gasteiger partial charge in [-0.2, -0.15) is 0 Å². The molecular weight excluding hydrogens is 196 g/mol. The summed E-state index contributed by atoms with van der Waals surface area (Å²) in [6.07, 6.45) is 1.22. The van der Waals surface area contributed by atoms with Gasteiger partial charge in [-0.1, -0.05) is 27.7 Å². The van der Waals surface area contributed by atoms with Gasteiger partial charge in [-0.25, -0.2) is 0 Å². The second-order valence-electron chi connectivity index (χ2n) is 7.40. The van der Waals surface area contributed by atoms with Gasteiger partial charge in [0.05, 0.1) is 0 Å². The Morgan fingerprint density at radius 1 is 1.12 bits per heavy atom. The molecule has 1 saturated heterocycles. The standard InChI is InChI=1S/C14H30N2/c1-11-7-15-8-12(11)9-16-14(5,6)10-13(2,3)4/h11-12,15-16H,7-10H2,1-6H3/t11-,12+/m1/s1. The molecule has 1 aliphatic heterocycles. The zero-order valence-corrected chi connectivity index (χ0v) is 12.0. The van der Waals surface area contributed by atoms with Crippen molar-refractivity contribution in [1.82, 2.24) is 10.6 Å². The SMILES string of the molecule is C[C@@H]1CNC[C@H]1CNC(C)(C)CC(C)(C)C. The van der Waals surface area contributed by atoms with Crippen LogP contribution in [-0.4, -0.2) is 25.2 Å². The molecule has 0 bridgehead atoms. The Morgan fingerprint density at radius 3 is 2.19 bits per heavy atom. The summed E-state index contributed by atoms with van der Waals surface area (Å²) in [7, 11) is 0. The highest BCUT2D eigenvalue weighted by Gasteiger charge is 2.28. The van der Waals surface area contributed by atoms with E-state index in [-0.39, 0.29) is 5.54 Å². The van der Waals surface area contributed by atoms with Gasteiger partial charge in [0, 0.05) is 5.54 Å². The van der Waals surface area contributed by atoms with Crippen LogP contribution in [0.15, 0.2) is 0 Å². The van der Waals surface area contributed by atoms with Crippen LogP contribution in [0, 0.1) is 17.3 Å². The summed E-state index contributed by atoms with van der Waals surface area (Å²) < 4.78 is 0. The van der Waals surface area contributed by atoms with Crippen LogP contribution >= 0.6 is 0 Å². The number of nitrogens with one attached hydrogen (secondary N) is 2. The molecule has 16 heavy (non-hydrogen) atoms. The minimum Gasteiger partial charge on any atom is -0.316 e. The smallest absolute Gasteiger partial charge is 0.0130 e. The van der Waals surface area contributed by atoms with E-state index >= 15 is 0 Å². The predicted molar refractivity (Wildman–Crippen MR) is 71.7 cm³/mol. The highest BCUT2D eigenvalue weighted by molar-refractivity contribution is 4.87. The quantitative estimate of drug-likeness (QED) is 0.770. The third kappa shape index (κ3) is 4.84. The third-order valence-corrected chi connectivity index (χ3v) is 3.49. The molecule has 0 saturated carbocycles. The summed E-state index contributed by atoms with van der Waals surface area (Å²) in [6, 6.07) is 0. The summed E-state index contributed by atoms with van der Waals surface area (Å²) in [4.78, 5) is 0. The van der Waals surface area contributed by atoms with Crippen molar-refractivity contribution in [2.75, 3.05) is 19.6 Å². The van der Waals surface area contributed by atoms with Crippen LogP contribution < -0.4 is 10.6 Å². The molecule has 2 heteroatoms. The van der Waals surface area contributed by atoms with Gasteiger partial charge in [-0.05, 0) is 57.2 Å². The van der Waals surface area contributed by atoms with Crippen LogP contribution in [-0.2, 0) is 0 Å². The zero-order chi connectivity index (χ0) is 12.4. The maximum atomic E-state index is 3.75. The van der Waals surface area contributed by atoms with E-state index in [1.165, 1.54) is 19.5 Å². The molecule has 2 N–H and O–H groups in total. The van der Waals surface area contributed by atoms with E-state index in [1.807, 2.05) is 0 Å². The number of hydrogen-bond acceptors (Lipinski definition) is 2. The summed E-state index contributed by atoms with van der Waals surface area (Å²) >= 11 is 0. The van der Waals surface area contributed by atoms with Crippen LogP contribution in [0.4, 0.5) is 0 Å². The Bertz CT molecular complexity index is 215. The second kappa shape index (κ2) is 5.05. The van der Waals surface area contributed by atoms with E-state index in [0.717, 1.165) is 18.4 Å². The topological polar surface area (TPSA) is 24.1 Å². The Balaban J connectivity index is 2.35. The average Bonchev–Trinajstić information content (AvgIpc) is 2.43. The molecule has 96 valence electrons. The monoisotopic (exact) mass is 226 g/mol. The molecule has 2 atom stereocenters. The van der Waals surface area contributed by atoms with Crippen molar-refractivity contribution in [2.45, 2.75) is 53.5 Å². The van der Waals surface area contributed by atoms with Crippen LogP contribution in [0.2, 0.25) is 0 Å². The number of rotatable bonds is 4. The minimum atomic E-state index is 0.251. The highest BCUT2D eigenvalue weighted by Crippen LogP contribution is 2.27. The molecule has 2 nitrogen and oxygen atoms in total. The third-order valence-electron chi connectivity index (χ3n) is 3.49.